The highest BCUT2D eigenvalue weighted by Gasteiger charge is 1.93. The summed E-state index contributed by atoms with van der Waals surface area (Å²) in [5.74, 6) is 0. The van der Waals surface area contributed by atoms with Gasteiger partial charge in [-0.3, -0.25) is 0 Å². The van der Waals surface area contributed by atoms with E-state index in [0.29, 0.717) is 0 Å². The molecule has 0 saturated carbocycles. The third kappa shape index (κ3) is 5.80. The van der Waals surface area contributed by atoms with Crippen molar-refractivity contribution in [3.05, 3.63) is 6.54 Å². The molecule has 0 aliphatic rings. The van der Waals surface area contributed by atoms with Crippen LogP contribution in [0.15, 0.2) is 0 Å². The normalized spacial score (nSPS) is 10.7. The van der Waals surface area contributed by atoms with Crippen molar-refractivity contribution in [3.63, 3.8) is 0 Å². The summed E-state index contributed by atoms with van der Waals surface area (Å²) in [7, 11) is 2.08. The van der Waals surface area contributed by atoms with Crippen LogP contribution in [0.25, 0.3) is 0 Å². The van der Waals surface area contributed by atoms with Crippen LogP contribution < -0.4 is 5.73 Å². The van der Waals surface area contributed by atoms with Crippen molar-refractivity contribution in [2.24, 2.45) is 5.73 Å². The summed E-state index contributed by atoms with van der Waals surface area (Å²) in [6.07, 6.45) is 2.20. The zero-order chi connectivity index (χ0) is 7.11. The zero-order valence-electron chi connectivity index (χ0n) is 6.43. The molecule has 2 N–H and O–H groups in total. The molecule has 0 aliphatic carbocycles. The second kappa shape index (κ2) is 6.05. The molecule has 0 amide bonds. The summed E-state index contributed by atoms with van der Waals surface area (Å²) in [5, 5.41) is 0. The third-order valence-electron chi connectivity index (χ3n) is 1.21. The predicted octanol–water partition coefficient (Wildman–Crippen LogP) is 0.839. The topological polar surface area (TPSA) is 29.3 Å². The van der Waals surface area contributed by atoms with Gasteiger partial charge in [0.05, 0.1) is 0 Å². The SMILES string of the molecule is CC[CH]N(C)CCCN. The molecule has 0 aliphatic heterocycles. The van der Waals surface area contributed by atoms with Gasteiger partial charge in [-0.25, -0.2) is 0 Å². The molecule has 0 aromatic rings. The standard InChI is InChI=1S/C7H17N2/c1-3-6-9(2)7-4-5-8/h6H,3-5,7-8H2,1-2H3. The van der Waals surface area contributed by atoms with E-state index in [1.54, 1.807) is 0 Å². The molecular formula is C7H17N2. The molecule has 0 aromatic carbocycles. The highest BCUT2D eigenvalue weighted by molar-refractivity contribution is 4.61. The molecule has 0 atom stereocenters. The van der Waals surface area contributed by atoms with Crippen LogP contribution in [0.2, 0.25) is 0 Å². The lowest BCUT2D eigenvalue weighted by Gasteiger charge is -2.12. The van der Waals surface area contributed by atoms with Crippen molar-refractivity contribution >= 4 is 0 Å². The van der Waals surface area contributed by atoms with Gasteiger partial charge in [0.15, 0.2) is 0 Å². The van der Waals surface area contributed by atoms with Gasteiger partial charge in [0, 0.05) is 6.54 Å². The average Bonchev–Trinajstić information content (AvgIpc) is 1.85. The Kier molecular flexibility index (Phi) is 5.99. The lowest BCUT2D eigenvalue weighted by atomic mass is 10.3. The number of hydrogen-bond acceptors (Lipinski definition) is 2. The van der Waals surface area contributed by atoms with E-state index in [-0.39, 0.29) is 0 Å². The Bertz CT molecular complexity index is 54.9. The molecule has 0 bridgehead atoms. The fourth-order valence-electron chi connectivity index (χ4n) is 0.744. The van der Waals surface area contributed by atoms with Crippen molar-refractivity contribution in [2.75, 3.05) is 20.1 Å². The van der Waals surface area contributed by atoms with Crippen molar-refractivity contribution in [1.29, 1.82) is 0 Å². The Morgan fingerprint density at radius 3 is 2.67 bits per heavy atom. The zero-order valence-corrected chi connectivity index (χ0v) is 6.43. The highest BCUT2D eigenvalue weighted by atomic mass is 15.1. The van der Waals surface area contributed by atoms with Gasteiger partial charge in [-0.2, -0.15) is 0 Å². The van der Waals surface area contributed by atoms with Gasteiger partial charge < -0.3 is 10.6 Å². The Hall–Kier alpha value is -0.0800. The molecule has 2 heteroatoms. The molecule has 0 saturated heterocycles. The van der Waals surface area contributed by atoms with Crippen LogP contribution in [-0.2, 0) is 0 Å². The average molecular weight is 129 g/mol. The maximum absolute atomic E-state index is 5.33. The van der Waals surface area contributed by atoms with Crippen molar-refractivity contribution in [1.82, 2.24) is 4.90 Å². The second-order valence-electron chi connectivity index (χ2n) is 2.21. The maximum Gasteiger partial charge on any atom is 0.0245 e. The summed E-state index contributed by atoms with van der Waals surface area (Å²) in [6, 6.07) is 0. The van der Waals surface area contributed by atoms with Crippen molar-refractivity contribution in [3.8, 4) is 0 Å². The van der Waals surface area contributed by atoms with Gasteiger partial charge in [0.2, 0.25) is 0 Å². The summed E-state index contributed by atoms with van der Waals surface area (Å²) in [5.41, 5.74) is 5.33. The van der Waals surface area contributed by atoms with E-state index < -0.39 is 0 Å². The van der Waals surface area contributed by atoms with E-state index in [2.05, 4.69) is 25.4 Å². The van der Waals surface area contributed by atoms with Crippen LogP contribution in [0.1, 0.15) is 19.8 Å². The lowest BCUT2D eigenvalue weighted by molar-refractivity contribution is 0.391. The highest BCUT2D eigenvalue weighted by Crippen LogP contribution is 1.92. The summed E-state index contributed by atoms with van der Waals surface area (Å²) < 4.78 is 0. The van der Waals surface area contributed by atoms with E-state index in [9.17, 15) is 0 Å². The molecule has 0 unspecified atom stereocenters. The van der Waals surface area contributed by atoms with Gasteiger partial charge in [0.1, 0.15) is 0 Å². The largest absolute Gasteiger partial charge is 0.330 e. The Labute approximate surface area is 58.0 Å². The second-order valence-corrected chi connectivity index (χ2v) is 2.21. The van der Waals surface area contributed by atoms with E-state index >= 15 is 0 Å². The van der Waals surface area contributed by atoms with Gasteiger partial charge in [-0.05, 0) is 33.0 Å². The molecule has 2 nitrogen and oxygen atoms in total. The van der Waals surface area contributed by atoms with Gasteiger partial charge in [-0.15, -0.1) is 0 Å². The Morgan fingerprint density at radius 2 is 2.22 bits per heavy atom. The molecular weight excluding hydrogens is 112 g/mol. The molecule has 9 heavy (non-hydrogen) atoms. The quantitative estimate of drug-likeness (QED) is 0.596. The molecule has 0 rings (SSSR count). The third-order valence-corrected chi connectivity index (χ3v) is 1.21. The molecule has 55 valence electrons. The van der Waals surface area contributed by atoms with Crippen LogP contribution in [0, 0.1) is 6.54 Å². The minimum absolute atomic E-state index is 0.794. The first-order chi connectivity index (χ1) is 4.31. The first-order valence-corrected chi connectivity index (χ1v) is 3.55. The lowest BCUT2D eigenvalue weighted by Crippen LogP contribution is -2.18. The Morgan fingerprint density at radius 1 is 1.56 bits per heavy atom. The predicted molar refractivity (Wildman–Crippen MR) is 40.9 cm³/mol. The van der Waals surface area contributed by atoms with Crippen LogP contribution in [0.3, 0.4) is 0 Å². The van der Waals surface area contributed by atoms with E-state index in [1.165, 1.54) is 0 Å². The van der Waals surface area contributed by atoms with Crippen LogP contribution >= 0.6 is 0 Å². The molecule has 0 aromatic heterocycles. The molecule has 1 radical (unpaired) electrons. The number of nitrogens with zero attached hydrogens (tertiary/aromatic N) is 1. The molecule has 0 spiro atoms. The minimum Gasteiger partial charge on any atom is -0.330 e. The summed E-state index contributed by atoms with van der Waals surface area (Å²) >= 11 is 0. The van der Waals surface area contributed by atoms with E-state index in [0.717, 1.165) is 25.9 Å². The first-order valence-electron chi connectivity index (χ1n) is 3.55. The summed E-state index contributed by atoms with van der Waals surface area (Å²) in [4.78, 5) is 2.19. The van der Waals surface area contributed by atoms with Gasteiger partial charge in [0.25, 0.3) is 0 Å². The van der Waals surface area contributed by atoms with E-state index in [1.807, 2.05) is 0 Å². The number of nitrogens with two attached hydrogens (primary N) is 1. The molecule has 0 heterocycles. The van der Waals surface area contributed by atoms with Crippen molar-refractivity contribution in [2.45, 2.75) is 19.8 Å². The Balaban J connectivity index is 2.95. The molecule has 0 fully saturated rings. The maximum atomic E-state index is 5.33. The van der Waals surface area contributed by atoms with Crippen LogP contribution in [0.4, 0.5) is 0 Å². The minimum atomic E-state index is 0.794. The van der Waals surface area contributed by atoms with Crippen LogP contribution in [0.5, 0.6) is 0 Å². The van der Waals surface area contributed by atoms with E-state index in [4.69, 9.17) is 5.73 Å². The number of rotatable bonds is 5. The smallest absolute Gasteiger partial charge is 0.0245 e. The van der Waals surface area contributed by atoms with Crippen LogP contribution in [-0.4, -0.2) is 25.0 Å². The monoisotopic (exact) mass is 129 g/mol. The van der Waals surface area contributed by atoms with Gasteiger partial charge >= 0.3 is 0 Å². The first kappa shape index (κ1) is 8.92. The summed E-state index contributed by atoms with van der Waals surface area (Å²) in [6.45, 7) is 6.20. The van der Waals surface area contributed by atoms with Gasteiger partial charge in [-0.1, -0.05) is 6.92 Å². The fraction of sp³-hybridized carbons (Fsp3) is 0.857. The number of hydrogen-bond donors (Lipinski definition) is 1. The van der Waals surface area contributed by atoms with Crippen molar-refractivity contribution < 1.29 is 0 Å². The fourth-order valence-corrected chi connectivity index (χ4v) is 0.744.